The van der Waals surface area contributed by atoms with Gasteiger partial charge in [0, 0.05) is 17.9 Å². The Morgan fingerprint density at radius 2 is 1.38 bits per heavy atom. The number of hydrogen-bond donors (Lipinski definition) is 1. The van der Waals surface area contributed by atoms with Crippen molar-refractivity contribution < 1.29 is 5.11 Å². The van der Waals surface area contributed by atoms with Crippen LogP contribution in [0.1, 0.15) is 59.1 Å². The van der Waals surface area contributed by atoms with Gasteiger partial charge >= 0.3 is 0 Å². The van der Waals surface area contributed by atoms with E-state index in [2.05, 4.69) is 95.9 Å². The largest absolute Gasteiger partial charge is 0.388 e. The molecule has 1 saturated heterocycles. The summed E-state index contributed by atoms with van der Waals surface area (Å²) in [5.74, 6) is 0.872. The van der Waals surface area contributed by atoms with Crippen molar-refractivity contribution >= 4 is 10.8 Å². The van der Waals surface area contributed by atoms with Crippen LogP contribution in [0.3, 0.4) is 0 Å². The van der Waals surface area contributed by atoms with Crippen molar-refractivity contribution in [1.82, 2.24) is 4.90 Å². The predicted molar refractivity (Wildman–Crippen MR) is 138 cm³/mol. The van der Waals surface area contributed by atoms with E-state index in [-0.39, 0.29) is 5.41 Å². The number of rotatable bonds is 4. The van der Waals surface area contributed by atoms with Crippen molar-refractivity contribution in [3.8, 4) is 0 Å². The summed E-state index contributed by atoms with van der Waals surface area (Å²) in [5.41, 5.74) is 7.41. The van der Waals surface area contributed by atoms with Crippen molar-refractivity contribution in [3.63, 3.8) is 0 Å². The minimum atomic E-state index is -0.393. The highest BCUT2D eigenvalue weighted by molar-refractivity contribution is 5.86. The maximum Gasteiger partial charge on any atom is 0.0825 e. The van der Waals surface area contributed by atoms with Gasteiger partial charge in [0.05, 0.1) is 6.10 Å². The van der Waals surface area contributed by atoms with Crippen LogP contribution >= 0.6 is 0 Å². The van der Waals surface area contributed by atoms with Crippen LogP contribution in [-0.2, 0) is 5.41 Å². The highest BCUT2D eigenvalue weighted by Gasteiger charge is 2.53. The first-order valence-electron chi connectivity index (χ1n) is 12.8. The van der Waals surface area contributed by atoms with Gasteiger partial charge in [0.1, 0.15) is 0 Å². The zero-order chi connectivity index (χ0) is 22.7. The molecule has 1 atom stereocenters. The van der Waals surface area contributed by atoms with Gasteiger partial charge in [-0.1, -0.05) is 91.0 Å². The van der Waals surface area contributed by atoms with Crippen molar-refractivity contribution in [1.29, 1.82) is 0 Å². The van der Waals surface area contributed by atoms with Crippen LogP contribution in [0.2, 0.25) is 0 Å². The number of aliphatic hydroxyl groups excluding tert-OH is 1. The number of aliphatic hydroxyl groups is 1. The second-order valence-electron chi connectivity index (χ2n) is 10.6. The molecular formula is C32H31NO. The lowest BCUT2D eigenvalue weighted by atomic mass is 9.74. The summed E-state index contributed by atoms with van der Waals surface area (Å²) in [6, 6.07) is 33.1. The molecule has 2 heteroatoms. The minimum absolute atomic E-state index is 0.124. The lowest BCUT2D eigenvalue weighted by Crippen LogP contribution is -2.44. The molecular weight excluding hydrogens is 414 g/mol. The van der Waals surface area contributed by atoms with Crippen LogP contribution in [0, 0.1) is 5.92 Å². The second-order valence-corrected chi connectivity index (χ2v) is 10.6. The predicted octanol–water partition coefficient (Wildman–Crippen LogP) is 6.42. The van der Waals surface area contributed by atoms with E-state index in [9.17, 15) is 5.11 Å². The fourth-order valence-electron chi connectivity index (χ4n) is 7.38. The normalized spacial score (nSPS) is 24.8. The van der Waals surface area contributed by atoms with E-state index < -0.39 is 6.10 Å². The second kappa shape index (κ2) is 7.80. The smallest absolute Gasteiger partial charge is 0.0825 e. The van der Waals surface area contributed by atoms with Crippen LogP contribution in [0.5, 0.6) is 0 Å². The third kappa shape index (κ3) is 2.95. The first-order valence-corrected chi connectivity index (χ1v) is 12.8. The molecule has 7 rings (SSSR count). The molecule has 0 aromatic heterocycles. The van der Waals surface area contributed by atoms with Gasteiger partial charge in [-0.25, -0.2) is 0 Å². The maximum atomic E-state index is 11.4. The quantitative estimate of drug-likeness (QED) is 0.392. The monoisotopic (exact) mass is 445 g/mol. The molecule has 1 aliphatic heterocycles. The van der Waals surface area contributed by atoms with E-state index in [0.29, 0.717) is 11.8 Å². The van der Waals surface area contributed by atoms with E-state index in [1.807, 2.05) is 0 Å². The molecule has 0 spiro atoms. The van der Waals surface area contributed by atoms with Gasteiger partial charge < -0.3 is 10.0 Å². The third-order valence-electron chi connectivity index (χ3n) is 8.97. The number of hydrogen-bond acceptors (Lipinski definition) is 2. The van der Waals surface area contributed by atoms with Crippen LogP contribution in [0.4, 0.5) is 0 Å². The summed E-state index contributed by atoms with van der Waals surface area (Å²) in [6.07, 6.45) is 2.92. The molecule has 2 bridgehead atoms. The zero-order valence-corrected chi connectivity index (χ0v) is 19.5. The molecule has 2 nitrogen and oxygen atoms in total. The zero-order valence-electron chi connectivity index (χ0n) is 19.5. The van der Waals surface area contributed by atoms with Gasteiger partial charge in [-0.3, -0.25) is 0 Å². The van der Waals surface area contributed by atoms with E-state index in [0.717, 1.165) is 38.0 Å². The van der Waals surface area contributed by atoms with Crippen molar-refractivity contribution in [3.05, 3.63) is 119 Å². The fraction of sp³-hybridized carbons (Fsp3) is 0.312. The number of piperidine rings is 1. The average molecular weight is 446 g/mol. The Bertz CT molecular complexity index is 1310. The van der Waals surface area contributed by atoms with Crippen molar-refractivity contribution in [2.75, 3.05) is 19.6 Å². The third-order valence-corrected chi connectivity index (χ3v) is 8.97. The SMILES string of the molecule is O[C@@H](c1cccc2ccccc12)C1CCN(CC23CC(c4ccccc42)c2ccccc23)CC1. The molecule has 0 amide bonds. The number of benzene rings is 4. The molecule has 4 aromatic rings. The molecule has 1 fully saturated rings. The molecule has 4 aromatic carbocycles. The summed E-state index contributed by atoms with van der Waals surface area (Å²) in [6.45, 7) is 3.21. The Labute approximate surface area is 201 Å². The summed E-state index contributed by atoms with van der Waals surface area (Å²) >= 11 is 0. The number of fused-ring (bicyclic) bond motifs is 9. The van der Waals surface area contributed by atoms with Gasteiger partial charge in [0.2, 0.25) is 0 Å². The van der Waals surface area contributed by atoms with E-state index in [1.165, 1.54) is 17.2 Å². The van der Waals surface area contributed by atoms with E-state index >= 15 is 0 Å². The highest BCUT2D eigenvalue weighted by Crippen LogP contribution is 2.60. The summed E-state index contributed by atoms with van der Waals surface area (Å²) in [7, 11) is 0. The molecule has 1 N–H and O–H groups in total. The maximum absolute atomic E-state index is 11.4. The molecule has 3 aliphatic rings. The highest BCUT2D eigenvalue weighted by atomic mass is 16.3. The Balaban J connectivity index is 1.12. The summed E-state index contributed by atoms with van der Waals surface area (Å²) in [5, 5.41) is 13.8. The molecule has 2 aliphatic carbocycles. The Kier molecular flexibility index (Phi) is 4.69. The van der Waals surface area contributed by atoms with Crippen LogP contribution in [0.25, 0.3) is 10.8 Å². The van der Waals surface area contributed by atoms with Gasteiger partial charge in [0.15, 0.2) is 0 Å². The molecule has 0 saturated carbocycles. The van der Waals surface area contributed by atoms with Gasteiger partial charge in [-0.05, 0) is 76.9 Å². The number of likely N-dealkylation sites (tertiary alicyclic amines) is 1. The molecule has 0 radical (unpaired) electrons. The van der Waals surface area contributed by atoms with Crippen LogP contribution in [0.15, 0.2) is 91.0 Å². The Morgan fingerprint density at radius 3 is 2.12 bits per heavy atom. The van der Waals surface area contributed by atoms with Gasteiger partial charge in [-0.2, -0.15) is 0 Å². The number of nitrogens with zero attached hydrogens (tertiary/aromatic N) is 1. The molecule has 34 heavy (non-hydrogen) atoms. The van der Waals surface area contributed by atoms with Gasteiger partial charge in [0.25, 0.3) is 0 Å². The van der Waals surface area contributed by atoms with Crippen LogP contribution in [-0.4, -0.2) is 29.6 Å². The fourth-order valence-corrected chi connectivity index (χ4v) is 7.38. The van der Waals surface area contributed by atoms with E-state index in [1.54, 1.807) is 22.3 Å². The van der Waals surface area contributed by atoms with Crippen molar-refractivity contribution in [2.45, 2.75) is 36.7 Å². The first kappa shape index (κ1) is 20.4. The first-order chi connectivity index (χ1) is 16.7. The van der Waals surface area contributed by atoms with E-state index in [4.69, 9.17) is 0 Å². The van der Waals surface area contributed by atoms with Crippen LogP contribution < -0.4 is 0 Å². The summed E-state index contributed by atoms with van der Waals surface area (Å²) in [4.78, 5) is 2.67. The molecule has 0 unspecified atom stereocenters. The summed E-state index contributed by atoms with van der Waals surface area (Å²) < 4.78 is 0. The average Bonchev–Trinajstić information content (AvgIpc) is 3.41. The molecule has 170 valence electrons. The Morgan fingerprint density at radius 1 is 0.765 bits per heavy atom. The lowest BCUT2D eigenvalue weighted by molar-refractivity contribution is 0.0549. The topological polar surface area (TPSA) is 23.5 Å². The molecule has 1 heterocycles. The standard InChI is InChI=1S/C32H31NO/c34-31(27-13-7-9-22-8-1-2-10-24(22)27)23-16-18-33(19-17-23)21-32-20-28(25-11-3-5-14-29(25)32)26-12-4-6-15-30(26)32/h1-15,23,28,31,34H,16-21H2/t28?,31-,32?/m1/s1. The lowest BCUT2D eigenvalue weighted by Gasteiger charge is -2.40. The van der Waals surface area contributed by atoms with Crippen molar-refractivity contribution in [2.24, 2.45) is 5.92 Å². The Hall–Kier alpha value is -2.94. The van der Waals surface area contributed by atoms with Gasteiger partial charge in [-0.15, -0.1) is 0 Å². The minimum Gasteiger partial charge on any atom is -0.388 e.